The average molecular weight is 259 g/mol. The van der Waals surface area contributed by atoms with Crippen molar-refractivity contribution >= 4 is 0 Å². The number of rotatable bonds is 5. The Morgan fingerprint density at radius 1 is 1.37 bits per heavy atom. The van der Waals surface area contributed by atoms with E-state index in [2.05, 4.69) is 29.5 Å². The lowest BCUT2D eigenvalue weighted by atomic mass is 10.2. The molecule has 4 nitrogen and oxygen atoms in total. The Labute approximate surface area is 114 Å². The number of ether oxygens (including phenoxy) is 1. The highest BCUT2D eigenvalue weighted by Crippen LogP contribution is 2.27. The smallest absolute Gasteiger partial charge is 0.222 e. The van der Waals surface area contributed by atoms with Gasteiger partial charge in [0.15, 0.2) is 0 Å². The lowest BCUT2D eigenvalue weighted by Gasteiger charge is -2.09. The van der Waals surface area contributed by atoms with Crippen LogP contribution in [0.25, 0.3) is 0 Å². The maximum atomic E-state index is 6.02. The molecule has 0 aliphatic heterocycles. The molecule has 0 saturated heterocycles. The lowest BCUT2D eigenvalue weighted by Crippen LogP contribution is -2.07. The second kappa shape index (κ2) is 5.89. The third kappa shape index (κ3) is 2.96. The standard InChI is InChI=1S/C15H21N3O/c1-5-12-7-6-8-13(9-12)19-15-14(10-16-3)11(2)17-18(15)4/h6-9,16H,5,10H2,1-4H3. The highest BCUT2D eigenvalue weighted by Gasteiger charge is 2.14. The number of hydrogen-bond donors (Lipinski definition) is 1. The molecule has 0 spiro atoms. The van der Waals surface area contributed by atoms with Crippen LogP contribution in [0.1, 0.15) is 23.7 Å². The van der Waals surface area contributed by atoms with Crippen LogP contribution in [0.3, 0.4) is 0 Å². The fourth-order valence-electron chi connectivity index (χ4n) is 2.13. The molecule has 0 radical (unpaired) electrons. The van der Waals surface area contributed by atoms with Gasteiger partial charge in [0.05, 0.1) is 11.3 Å². The minimum Gasteiger partial charge on any atom is -0.439 e. The van der Waals surface area contributed by atoms with E-state index >= 15 is 0 Å². The number of nitrogens with one attached hydrogen (secondary N) is 1. The molecule has 2 aromatic rings. The Morgan fingerprint density at radius 3 is 2.84 bits per heavy atom. The molecule has 1 N–H and O–H groups in total. The zero-order valence-corrected chi connectivity index (χ0v) is 12.0. The van der Waals surface area contributed by atoms with Crippen molar-refractivity contribution in [2.45, 2.75) is 26.8 Å². The number of benzene rings is 1. The Kier molecular flexibility index (Phi) is 4.22. The van der Waals surface area contributed by atoms with Crippen molar-refractivity contribution in [1.29, 1.82) is 0 Å². The van der Waals surface area contributed by atoms with Crippen LogP contribution >= 0.6 is 0 Å². The van der Waals surface area contributed by atoms with Gasteiger partial charge in [0.25, 0.3) is 0 Å². The molecule has 4 heteroatoms. The van der Waals surface area contributed by atoms with Gasteiger partial charge in [-0.25, -0.2) is 4.68 Å². The van der Waals surface area contributed by atoms with Crippen molar-refractivity contribution in [1.82, 2.24) is 15.1 Å². The highest BCUT2D eigenvalue weighted by atomic mass is 16.5. The van der Waals surface area contributed by atoms with Crippen molar-refractivity contribution in [3.05, 3.63) is 41.1 Å². The van der Waals surface area contributed by atoms with Crippen LogP contribution in [0, 0.1) is 6.92 Å². The lowest BCUT2D eigenvalue weighted by molar-refractivity contribution is 0.424. The fourth-order valence-corrected chi connectivity index (χ4v) is 2.13. The summed E-state index contributed by atoms with van der Waals surface area (Å²) in [4.78, 5) is 0. The molecule has 0 fully saturated rings. The predicted molar refractivity (Wildman–Crippen MR) is 76.6 cm³/mol. The van der Waals surface area contributed by atoms with E-state index in [1.54, 1.807) is 4.68 Å². The van der Waals surface area contributed by atoms with Crippen molar-refractivity contribution in [2.75, 3.05) is 7.05 Å². The summed E-state index contributed by atoms with van der Waals surface area (Å²) in [5.74, 6) is 1.67. The van der Waals surface area contributed by atoms with E-state index in [1.165, 1.54) is 5.56 Å². The van der Waals surface area contributed by atoms with Crippen LogP contribution in [0.4, 0.5) is 0 Å². The zero-order valence-electron chi connectivity index (χ0n) is 12.0. The first-order chi connectivity index (χ1) is 9.15. The average Bonchev–Trinajstić information content (AvgIpc) is 2.66. The summed E-state index contributed by atoms with van der Waals surface area (Å²) in [7, 11) is 3.83. The van der Waals surface area contributed by atoms with E-state index in [0.717, 1.165) is 35.9 Å². The normalized spacial score (nSPS) is 10.7. The number of hydrogen-bond acceptors (Lipinski definition) is 3. The molecule has 19 heavy (non-hydrogen) atoms. The van der Waals surface area contributed by atoms with Crippen LogP contribution in [-0.2, 0) is 20.0 Å². The van der Waals surface area contributed by atoms with Crippen LogP contribution in [-0.4, -0.2) is 16.8 Å². The molecule has 1 aromatic carbocycles. The van der Waals surface area contributed by atoms with Gasteiger partial charge < -0.3 is 10.1 Å². The van der Waals surface area contributed by atoms with Gasteiger partial charge in [0.2, 0.25) is 5.88 Å². The Bertz CT molecular complexity index is 561. The number of aromatic nitrogens is 2. The van der Waals surface area contributed by atoms with Crippen molar-refractivity contribution in [3.8, 4) is 11.6 Å². The van der Waals surface area contributed by atoms with Gasteiger partial charge in [-0.1, -0.05) is 19.1 Å². The predicted octanol–water partition coefficient (Wildman–Crippen LogP) is 2.80. The summed E-state index contributed by atoms with van der Waals surface area (Å²) < 4.78 is 7.81. The summed E-state index contributed by atoms with van der Waals surface area (Å²) in [5, 5.41) is 7.57. The van der Waals surface area contributed by atoms with Gasteiger partial charge in [0.1, 0.15) is 5.75 Å². The van der Waals surface area contributed by atoms with E-state index in [9.17, 15) is 0 Å². The molecule has 0 atom stereocenters. The summed E-state index contributed by atoms with van der Waals surface area (Å²) in [6, 6.07) is 8.18. The summed E-state index contributed by atoms with van der Waals surface area (Å²) in [6.45, 7) is 4.89. The first-order valence-electron chi connectivity index (χ1n) is 6.59. The Hall–Kier alpha value is -1.81. The molecule has 0 amide bonds. The minimum absolute atomic E-state index is 0.752. The minimum atomic E-state index is 0.752. The van der Waals surface area contributed by atoms with Gasteiger partial charge in [0, 0.05) is 13.6 Å². The summed E-state index contributed by atoms with van der Waals surface area (Å²) in [5.41, 5.74) is 3.37. The molecule has 1 aromatic heterocycles. The first kappa shape index (κ1) is 13.6. The monoisotopic (exact) mass is 259 g/mol. The zero-order chi connectivity index (χ0) is 13.8. The first-order valence-corrected chi connectivity index (χ1v) is 6.59. The third-order valence-electron chi connectivity index (χ3n) is 3.16. The molecular formula is C15H21N3O. The quantitative estimate of drug-likeness (QED) is 0.897. The van der Waals surface area contributed by atoms with E-state index < -0.39 is 0 Å². The van der Waals surface area contributed by atoms with Crippen molar-refractivity contribution < 1.29 is 4.74 Å². The molecule has 1 heterocycles. The summed E-state index contributed by atoms with van der Waals surface area (Å²) in [6.07, 6.45) is 1.00. The van der Waals surface area contributed by atoms with E-state index in [0.29, 0.717) is 0 Å². The van der Waals surface area contributed by atoms with Crippen LogP contribution in [0.5, 0.6) is 11.6 Å². The second-order valence-electron chi connectivity index (χ2n) is 4.63. The Balaban J connectivity index is 2.31. The molecule has 0 aliphatic carbocycles. The second-order valence-corrected chi connectivity index (χ2v) is 4.63. The SMILES string of the molecule is CCc1cccc(Oc2c(CNC)c(C)nn2C)c1. The van der Waals surface area contributed by atoms with Gasteiger partial charge in [-0.2, -0.15) is 5.10 Å². The third-order valence-corrected chi connectivity index (χ3v) is 3.16. The molecule has 0 saturated carbocycles. The van der Waals surface area contributed by atoms with Gasteiger partial charge in [-0.15, -0.1) is 0 Å². The molecule has 0 unspecified atom stereocenters. The van der Waals surface area contributed by atoms with Gasteiger partial charge in [-0.05, 0) is 38.1 Å². The van der Waals surface area contributed by atoms with E-state index in [4.69, 9.17) is 4.74 Å². The molecule has 0 aliphatic rings. The summed E-state index contributed by atoms with van der Waals surface area (Å²) >= 11 is 0. The topological polar surface area (TPSA) is 39.1 Å². The van der Waals surface area contributed by atoms with Crippen molar-refractivity contribution in [3.63, 3.8) is 0 Å². The van der Waals surface area contributed by atoms with E-state index in [-0.39, 0.29) is 0 Å². The molecular weight excluding hydrogens is 238 g/mol. The maximum absolute atomic E-state index is 6.02. The molecule has 102 valence electrons. The highest BCUT2D eigenvalue weighted by molar-refractivity contribution is 5.37. The van der Waals surface area contributed by atoms with Gasteiger partial charge >= 0.3 is 0 Å². The largest absolute Gasteiger partial charge is 0.439 e. The van der Waals surface area contributed by atoms with Gasteiger partial charge in [-0.3, -0.25) is 0 Å². The van der Waals surface area contributed by atoms with Crippen LogP contribution in [0.2, 0.25) is 0 Å². The number of aryl methyl sites for hydroxylation is 3. The number of nitrogens with zero attached hydrogens (tertiary/aromatic N) is 2. The van der Waals surface area contributed by atoms with E-state index in [1.807, 2.05) is 33.2 Å². The maximum Gasteiger partial charge on any atom is 0.222 e. The van der Waals surface area contributed by atoms with Crippen molar-refractivity contribution in [2.24, 2.45) is 7.05 Å². The van der Waals surface area contributed by atoms with Crippen LogP contribution in [0.15, 0.2) is 24.3 Å². The molecule has 0 bridgehead atoms. The fraction of sp³-hybridized carbons (Fsp3) is 0.400. The van der Waals surface area contributed by atoms with Crippen LogP contribution < -0.4 is 10.1 Å². The molecule has 2 rings (SSSR count). The Morgan fingerprint density at radius 2 is 2.16 bits per heavy atom.